The molecular weight excluding hydrogens is 524 g/mol. The fraction of sp³-hybridized carbons (Fsp3) is 0.0968. The number of hydrogen-bond donors (Lipinski definition) is 2. The van der Waals surface area contributed by atoms with Crippen molar-refractivity contribution in [3.63, 3.8) is 0 Å². The van der Waals surface area contributed by atoms with Crippen LogP contribution in [0, 0.1) is 6.92 Å². The van der Waals surface area contributed by atoms with Crippen LogP contribution < -0.4 is 10.5 Å². The van der Waals surface area contributed by atoms with Gasteiger partial charge in [-0.15, -0.1) is 0 Å². The van der Waals surface area contributed by atoms with Gasteiger partial charge >= 0.3 is 6.09 Å². The number of anilines is 1. The number of rotatable bonds is 8. The zero-order chi connectivity index (χ0) is 28.1. The van der Waals surface area contributed by atoms with E-state index in [0.717, 1.165) is 43.6 Å². The summed E-state index contributed by atoms with van der Waals surface area (Å²) in [6.07, 6.45) is -0.552. The summed E-state index contributed by atoms with van der Waals surface area (Å²) in [5.41, 5.74) is 12.7. The van der Waals surface area contributed by atoms with Crippen molar-refractivity contribution in [2.75, 3.05) is 12.3 Å². The van der Waals surface area contributed by atoms with Gasteiger partial charge in [0.05, 0.1) is 11.4 Å². The minimum Gasteiger partial charge on any atom is -0.410 e. The van der Waals surface area contributed by atoms with Gasteiger partial charge in [-0.2, -0.15) is 0 Å². The van der Waals surface area contributed by atoms with Gasteiger partial charge in [0.2, 0.25) is 5.95 Å². The Morgan fingerprint density at radius 1 is 0.900 bits per heavy atom. The first kappa shape index (κ1) is 26.9. The molecule has 0 bridgehead atoms. The number of ether oxygens (including phenoxy) is 1. The van der Waals surface area contributed by atoms with Crippen LogP contribution in [0.4, 0.5) is 10.7 Å². The Kier molecular flexibility index (Phi) is 8.04. The quantitative estimate of drug-likeness (QED) is 0.219. The number of imidazole rings is 1. The summed E-state index contributed by atoms with van der Waals surface area (Å²) in [5.74, 6) is 0.656. The normalized spacial score (nSPS) is 11.7. The van der Waals surface area contributed by atoms with E-state index in [9.17, 15) is 13.6 Å². The van der Waals surface area contributed by atoms with E-state index >= 15 is 0 Å². The second-order valence-electron chi connectivity index (χ2n) is 9.16. The molecular formula is C31H28N4O4S. The van der Waals surface area contributed by atoms with Gasteiger partial charge in [0.1, 0.15) is 5.75 Å². The van der Waals surface area contributed by atoms with Crippen LogP contribution in [0.15, 0.2) is 109 Å². The average Bonchev–Trinajstić information content (AvgIpc) is 3.32. The fourth-order valence-corrected chi connectivity index (χ4v) is 4.80. The molecule has 0 fully saturated rings. The van der Waals surface area contributed by atoms with Gasteiger partial charge in [0.25, 0.3) is 11.3 Å². The van der Waals surface area contributed by atoms with Gasteiger partial charge < -0.3 is 10.5 Å². The molecule has 3 N–H and O–H groups in total. The lowest BCUT2D eigenvalue weighted by atomic mass is 10.0. The maximum atomic E-state index is 12.6. The van der Waals surface area contributed by atoms with Crippen molar-refractivity contribution < 1.29 is 18.3 Å². The molecule has 0 radical (unpaired) electrons. The molecule has 1 heterocycles. The third-order valence-corrected chi connectivity index (χ3v) is 7.12. The van der Waals surface area contributed by atoms with E-state index in [1.54, 1.807) is 24.3 Å². The maximum absolute atomic E-state index is 12.6. The first-order valence-electron chi connectivity index (χ1n) is 12.7. The highest BCUT2D eigenvalue weighted by molar-refractivity contribution is 7.77. The van der Waals surface area contributed by atoms with Gasteiger partial charge in [-0.05, 0) is 43.2 Å². The largest absolute Gasteiger partial charge is 0.428 e. The van der Waals surface area contributed by atoms with Crippen LogP contribution in [0.1, 0.15) is 11.1 Å². The van der Waals surface area contributed by atoms with E-state index in [1.165, 1.54) is 0 Å². The van der Waals surface area contributed by atoms with Crippen molar-refractivity contribution in [2.45, 2.75) is 13.3 Å². The van der Waals surface area contributed by atoms with E-state index in [2.05, 4.69) is 0 Å². The SMILES string of the molecule is Cc1ccc(OC(=O)N(CCc2ccc(-n3c(N)nc(-c4ccccc4)c3-c3ccccc3)cc2)S(=O)O)cc1. The van der Waals surface area contributed by atoms with Crippen molar-refractivity contribution in [3.8, 4) is 34.0 Å². The molecule has 0 aliphatic rings. The zero-order valence-corrected chi connectivity index (χ0v) is 22.6. The summed E-state index contributed by atoms with van der Waals surface area (Å²) >= 11 is -2.53. The molecule has 5 rings (SSSR count). The first-order chi connectivity index (χ1) is 19.4. The van der Waals surface area contributed by atoms with E-state index in [0.29, 0.717) is 18.1 Å². The van der Waals surface area contributed by atoms with Crippen LogP contribution in [-0.2, 0) is 17.7 Å². The number of nitrogens with two attached hydrogens (primary N) is 1. The molecule has 1 aromatic heterocycles. The summed E-state index contributed by atoms with van der Waals surface area (Å²) in [6, 6.07) is 34.3. The minimum absolute atomic E-state index is 0.00616. The highest BCUT2D eigenvalue weighted by Crippen LogP contribution is 2.36. The molecule has 40 heavy (non-hydrogen) atoms. The Balaban J connectivity index is 1.38. The highest BCUT2D eigenvalue weighted by atomic mass is 32.2. The lowest BCUT2D eigenvalue weighted by Crippen LogP contribution is -2.36. The van der Waals surface area contributed by atoms with Crippen LogP contribution in [0.2, 0.25) is 0 Å². The number of benzene rings is 4. The topological polar surface area (TPSA) is 111 Å². The molecule has 0 aliphatic heterocycles. The van der Waals surface area contributed by atoms with E-state index in [4.69, 9.17) is 15.5 Å². The lowest BCUT2D eigenvalue weighted by molar-refractivity contribution is 0.178. The maximum Gasteiger partial charge on any atom is 0.428 e. The van der Waals surface area contributed by atoms with Crippen LogP contribution in [0.25, 0.3) is 28.2 Å². The van der Waals surface area contributed by atoms with Crippen LogP contribution in [0.3, 0.4) is 0 Å². The number of aromatic nitrogens is 2. The summed E-state index contributed by atoms with van der Waals surface area (Å²) in [6.45, 7) is 1.91. The van der Waals surface area contributed by atoms with Crippen LogP contribution in [-0.4, -0.2) is 35.3 Å². The molecule has 8 nitrogen and oxygen atoms in total. The van der Waals surface area contributed by atoms with Gasteiger partial charge in [0.15, 0.2) is 0 Å². The van der Waals surface area contributed by atoms with Gasteiger partial charge in [-0.25, -0.2) is 18.3 Å². The smallest absolute Gasteiger partial charge is 0.410 e. The molecule has 5 aromatic rings. The summed E-state index contributed by atoms with van der Waals surface area (Å²) < 4.78 is 29.6. The molecule has 0 saturated carbocycles. The first-order valence-corrected chi connectivity index (χ1v) is 13.7. The Bertz CT molecular complexity index is 1620. The predicted molar refractivity (Wildman–Crippen MR) is 157 cm³/mol. The standard InChI is InChI=1S/C31H28N4O4S/c1-22-12-18-27(19-13-22)39-31(36)34(40(37)38)21-20-23-14-16-26(17-15-23)35-29(25-10-6-3-7-11-25)28(33-30(35)32)24-8-4-2-5-9-24/h2-19H,20-21H2,1H3,(H2,32,33)(H,37,38). The minimum atomic E-state index is -2.53. The van der Waals surface area contributed by atoms with Crippen molar-refractivity contribution in [2.24, 2.45) is 0 Å². The monoisotopic (exact) mass is 552 g/mol. The van der Waals surface area contributed by atoms with Gasteiger partial charge in [-0.3, -0.25) is 9.12 Å². The third kappa shape index (κ3) is 5.96. The summed E-state index contributed by atoms with van der Waals surface area (Å²) in [7, 11) is 0. The Morgan fingerprint density at radius 3 is 2.10 bits per heavy atom. The van der Waals surface area contributed by atoms with Crippen molar-refractivity contribution in [1.29, 1.82) is 0 Å². The number of hydrogen-bond acceptors (Lipinski definition) is 5. The molecule has 1 unspecified atom stereocenters. The molecule has 202 valence electrons. The number of amides is 1. The van der Waals surface area contributed by atoms with Gasteiger partial charge in [-0.1, -0.05) is 90.5 Å². The van der Waals surface area contributed by atoms with E-state index in [-0.39, 0.29) is 6.54 Å². The lowest BCUT2D eigenvalue weighted by Gasteiger charge is -2.18. The number of carbonyl (C=O) groups is 1. The van der Waals surface area contributed by atoms with Crippen molar-refractivity contribution in [3.05, 3.63) is 120 Å². The molecule has 9 heteroatoms. The summed E-state index contributed by atoms with van der Waals surface area (Å²) in [4.78, 5) is 17.3. The average molecular weight is 553 g/mol. The molecule has 0 spiro atoms. The molecule has 1 amide bonds. The van der Waals surface area contributed by atoms with Crippen LogP contribution >= 0.6 is 0 Å². The molecule has 0 saturated heterocycles. The van der Waals surface area contributed by atoms with Crippen molar-refractivity contribution >= 4 is 23.3 Å². The second kappa shape index (κ2) is 12.0. The van der Waals surface area contributed by atoms with Crippen LogP contribution in [0.5, 0.6) is 5.75 Å². The molecule has 0 aliphatic carbocycles. The highest BCUT2D eigenvalue weighted by Gasteiger charge is 2.22. The van der Waals surface area contributed by atoms with E-state index in [1.807, 2.05) is 96.4 Å². The fourth-order valence-electron chi connectivity index (χ4n) is 4.39. The predicted octanol–water partition coefficient (Wildman–Crippen LogP) is 6.28. The third-order valence-electron chi connectivity index (χ3n) is 6.41. The zero-order valence-electron chi connectivity index (χ0n) is 21.8. The Labute approximate surface area is 235 Å². The Hall–Kier alpha value is -4.73. The number of carbonyl (C=O) groups excluding carboxylic acids is 1. The van der Waals surface area contributed by atoms with E-state index < -0.39 is 17.4 Å². The second-order valence-corrected chi connectivity index (χ2v) is 10.1. The molecule has 1 atom stereocenters. The molecule has 4 aromatic carbocycles. The summed E-state index contributed by atoms with van der Waals surface area (Å²) in [5, 5.41) is 0. The number of nitrogen functional groups attached to an aromatic ring is 1. The van der Waals surface area contributed by atoms with Crippen molar-refractivity contribution in [1.82, 2.24) is 13.9 Å². The number of aryl methyl sites for hydroxylation is 1. The Morgan fingerprint density at radius 2 is 1.50 bits per heavy atom. The van der Waals surface area contributed by atoms with Gasteiger partial charge in [0, 0.05) is 23.4 Å². The number of nitrogens with zero attached hydrogens (tertiary/aromatic N) is 3.